The number of carboxylic acids is 1. The van der Waals surface area contributed by atoms with Gasteiger partial charge in [0.2, 0.25) is 0 Å². The number of carbonyl (C=O) groups excluding carboxylic acids is 1. The molecule has 1 atom stereocenters. The maximum absolute atomic E-state index is 13.4. The lowest BCUT2D eigenvalue weighted by atomic mass is 10.2. The number of carboxylic acid groups (broad SMARTS) is 1. The molecule has 1 unspecified atom stereocenters. The minimum absolute atomic E-state index is 0.199. The van der Waals surface area contributed by atoms with E-state index >= 15 is 0 Å². The number of halogens is 2. The molecule has 0 saturated heterocycles. The fourth-order valence-corrected chi connectivity index (χ4v) is 1.86. The molecule has 0 bridgehead atoms. The zero-order valence-electron chi connectivity index (χ0n) is 10.9. The summed E-state index contributed by atoms with van der Waals surface area (Å²) in [5.74, 6) is -1.69. The van der Waals surface area contributed by atoms with Gasteiger partial charge in [-0.2, -0.15) is 0 Å². The summed E-state index contributed by atoms with van der Waals surface area (Å²) in [5.41, 5.74) is 0.961. The second-order valence-corrected chi connectivity index (χ2v) is 4.83. The lowest BCUT2D eigenvalue weighted by Gasteiger charge is -2.13. The molecule has 1 aromatic rings. The van der Waals surface area contributed by atoms with Gasteiger partial charge in [-0.25, -0.2) is 14.0 Å². The first-order valence-electron chi connectivity index (χ1n) is 5.61. The molecule has 0 fully saturated rings. The van der Waals surface area contributed by atoms with E-state index < -0.39 is 23.9 Å². The molecule has 20 heavy (non-hydrogen) atoms. The first kappa shape index (κ1) is 16.4. The largest absolute Gasteiger partial charge is 0.479 e. The van der Waals surface area contributed by atoms with E-state index in [4.69, 9.17) is 5.11 Å². The van der Waals surface area contributed by atoms with E-state index in [-0.39, 0.29) is 6.54 Å². The van der Waals surface area contributed by atoms with Crippen LogP contribution in [0.1, 0.15) is 5.56 Å². The zero-order chi connectivity index (χ0) is 15.3. The van der Waals surface area contributed by atoms with Crippen molar-refractivity contribution < 1.29 is 23.8 Å². The number of hydrogen-bond donors (Lipinski definition) is 3. The molecular formula is C12H14BrFN2O4. The first-order chi connectivity index (χ1) is 9.35. The Hall–Kier alpha value is -1.67. The highest BCUT2D eigenvalue weighted by atomic mass is 79.9. The number of methoxy groups -OCH3 is 1. The van der Waals surface area contributed by atoms with Crippen molar-refractivity contribution in [3.8, 4) is 0 Å². The third-order valence-corrected chi connectivity index (χ3v) is 3.13. The molecule has 8 heteroatoms. The Balaban J connectivity index is 2.63. The SMILES string of the molecule is COC(CNC(=O)Nc1cc(F)c(Br)cc1C)C(=O)O. The molecule has 1 rings (SSSR count). The van der Waals surface area contributed by atoms with Crippen LogP contribution >= 0.6 is 15.9 Å². The number of urea groups is 1. The average molecular weight is 349 g/mol. The molecule has 0 aliphatic rings. The predicted octanol–water partition coefficient (Wildman–Crippen LogP) is 2.12. The highest BCUT2D eigenvalue weighted by molar-refractivity contribution is 9.10. The van der Waals surface area contributed by atoms with Crippen LogP contribution in [0.2, 0.25) is 0 Å². The van der Waals surface area contributed by atoms with Gasteiger partial charge in [-0.1, -0.05) is 0 Å². The van der Waals surface area contributed by atoms with Crippen LogP contribution in [0.4, 0.5) is 14.9 Å². The predicted molar refractivity (Wildman–Crippen MR) is 74.3 cm³/mol. The van der Waals surface area contributed by atoms with Crippen LogP contribution in [0.3, 0.4) is 0 Å². The maximum Gasteiger partial charge on any atom is 0.334 e. The van der Waals surface area contributed by atoms with Gasteiger partial charge in [0.25, 0.3) is 0 Å². The number of nitrogens with one attached hydrogen (secondary N) is 2. The van der Waals surface area contributed by atoms with Gasteiger partial charge >= 0.3 is 12.0 Å². The quantitative estimate of drug-likeness (QED) is 0.760. The number of ether oxygens (including phenoxy) is 1. The van der Waals surface area contributed by atoms with E-state index in [1.807, 2.05) is 0 Å². The molecule has 1 aromatic carbocycles. The summed E-state index contributed by atoms with van der Waals surface area (Å²) in [6, 6.07) is 2.06. The van der Waals surface area contributed by atoms with Crippen molar-refractivity contribution in [1.82, 2.24) is 5.32 Å². The molecule has 0 aromatic heterocycles. The molecule has 3 N–H and O–H groups in total. The molecule has 110 valence electrons. The lowest BCUT2D eigenvalue weighted by molar-refractivity contribution is -0.147. The molecule has 6 nitrogen and oxygen atoms in total. The van der Waals surface area contributed by atoms with Gasteiger partial charge in [-0.15, -0.1) is 0 Å². The van der Waals surface area contributed by atoms with Crippen molar-refractivity contribution in [2.75, 3.05) is 19.0 Å². The van der Waals surface area contributed by atoms with Gasteiger partial charge in [0.15, 0.2) is 6.10 Å². The second-order valence-electron chi connectivity index (χ2n) is 3.98. The van der Waals surface area contributed by atoms with Crippen molar-refractivity contribution in [1.29, 1.82) is 0 Å². The van der Waals surface area contributed by atoms with Crippen LogP contribution in [0, 0.1) is 12.7 Å². The summed E-state index contributed by atoms with van der Waals surface area (Å²) in [5, 5.41) is 13.5. The van der Waals surface area contributed by atoms with Gasteiger partial charge < -0.3 is 20.5 Å². The van der Waals surface area contributed by atoms with Gasteiger partial charge in [-0.3, -0.25) is 0 Å². The number of carbonyl (C=O) groups is 2. The van der Waals surface area contributed by atoms with Crippen molar-refractivity contribution in [3.05, 3.63) is 28.0 Å². The van der Waals surface area contributed by atoms with Crippen LogP contribution in [-0.4, -0.2) is 36.9 Å². The second kappa shape index (κ2) is 7.20. The Morgan fingerprint density at radius 2 is 2.15 bits per heavy atom. The van der Waals surface area contributed by atoms with Gasteiger partial charge in [0.05, 0.1) is 11.0 Å². The Labute approximate surface area is 123 Å². The highest BCUT2D eigenvalue weighted by Crippen LogP contribution is 2.23. The Morgan fingerprint density at radius 1 is 1.50 bits per heavy atom. The Kier molecular flexibility index (Phi) is 5.90. The fourth-order valence-electron chi connectivity index (χ4n) is 1.40. The van der Waals surface area contributed by atoms with Crippen LogP contribution in [0.5, 0.6) is 0 Å². The van der Waals surface area contributed by atoms with Crippen molar-refractivity contribution in [2.24, 2.45) is 0 Å². The van der Waals surface area contributed by atoms with Crippen molar-refractivity contribution in [3.63, 3.8) is 0 Å². The summed E-state index contributed by atoms with van der Waals surface area (Å²) < 4.78 is 18.3. The summed E-state index contributed by atoms with van der Waals surface area (Å²) >= 11 is 3.04. The Bertz CT molecular complexity index is 524. The summed E-state index contributed by atoms with van der Waals surface area (Å²) in [6.07, 6.45) is -1.14. The fraction of sp³-hybridized carbons (Fsp3) is 0.333. The van der Waals surface area contributed by atoms with Crippen molar-refractivity contribution >= 4 is 33.6 Å². The third-order valence-electron chi connectivity index (χ3n) is 2.52. The monoisotopic (exact) mass is 348 g/mol. The number of rotatable bonds is 5. The van der Waals surface area contributed by atoms with E-state index in [0.717, 1.165) is 0 Å². The minimum atomic E-state index is -1.18. The number of hydrogen-bond acceptors (Lipinski definition) is 3. The topological polar surface area (TPSA) is 87.7 Å². The standard InChI is InChI=1S/C12H14BrFN2O4/c1-6-3-7(13)8(14)4-9(6)16-12(19)15-5-10(20-2)11(17)18/h3-4,10H,5H2,1-2H3,(H,17,18)(H2,15,16,19). The van der Waals surface area contributed by atoms with Crippen LogP contribution in [0.15, 0.2) is 16.6 Å². The number of amides is 2. The average Bonchev–Trinajstić information content (AvgIpc) is 2.36. The number of benzene rings is 1. The molecule has 0 radical (unpaired) electrons. The van der Waals surface area contributed by atoms with Gasteiger partial charge in [-0.05, 0) is 40.5 Å². The summed E-state index contributed by atoms with van der Waals surface area (Å²) in [6.45, 7) is 1.50. The van der Waals surface area contributed by atoms with Crippen LogP contribution < -0.4 is 10.6 Å². The molecular weight excluding hydrogens is 335 g/mol. The zero-order valence-corrected chi connectivity index (χ0v) is 12.5. The number of aliphatic carboxylic acids is 1. The third kappa shape index (κ3) is 4.46. The smallest absolute Gasteiger partial charge is 0.334 e. The van der Waals surface area contributed by atoms with Crippen LogP contribution in [-0.2, 0) is 9.53 Å². The molecule has 0 spiro atoms. The normalized spacial score (nSPS) is 11.8. The first-order valence-corrected chi connectivity index (χ1v) is 6.40. The lowest BCUT2D eigenvalue weighted by Crippen LogP contribution is -2.39. The van der Waals surface area contributed by atoms with Crippen LogP contribution in [0.25, 0.3) is 0 Å². The van der Waals surface area contributed by atoms with E-state index in [9.17, 15) is 14.0 Å². The maximum atomic E-state index is 13.4. The summed E-state index contributed by atoms with van der Waals surface area (Å²) in [7, 11) is 1.23. The molecule has 0 heterocycles. The van der Waals surface area contributed by atoms with Crippen molar-refractivity contribution in [2.45, 2.75) is 13.0 Å². The molecule has 0 aliphatic heterocycles. The minimum Gasteiger partial charge on any atom is -0.479 e. The molecule has 2 amide bonds. The van der Waals surface area contributed by atoms with E-state index in [2.05, 4.69) is 31.3 Å². The number of aryl methyl sites for hydroxylation is 1. The van der Waals surface area contributed by atoms with Gasteiger partial charge in [0, 0.05) is 12.8 Å². The van der Waals surface area contributed by atoms with E-state index in [1.165, 1.54) is 19.2 Å². The van der Waals surface area contributed by atoms with E-state index in [0.29, 0.717) is 15.7 Å². The van der Waals surface area contributed by atoms with Gasteiger partial charge in [0.1, 0.15) is 5.82 Å². The Morgan fingerprint density at radius 3 is 2.70 bits per heavy atom. The molecule has 0 aliphatic carbocycles. The molecule has 0 saturated carbocycles. The van der Waals surface area contributed by atoms with E-state index in [1.54, 1.807) is 6.92 Å². The number of anilines is 1. The highest BCUT2D eigenvalue weighted by Gasteiger charge is 2.17. The summed E-state index contributed by atoms with van der Waals surface area (Å²) in [4.78, 5) is 22.3.